The zero-order valence-corrected chi connectivity index (χ0v) is 13.0. The fourth-order valence-corrected chi connectivity index (χ4v) is 1.84. The highest BCUT2D eigenvalue weighted by Crippen LogP contribution is 2.27. The average Bonchev–Trinajstić information content (AvgIpc) is 2.44. The van der Waals surface area contributed by atoms with E-state index in [0.717, 1.165) is 24.0 Å². The summed E-state index contributed by atoms with van der Waals surface area (Å²) in [5, 5.41) is 0. The zero-order chi connectivity index (χ0) is 16.0. The van der Waals surface area contributed by atoms with Crippen LogP contribution in [0.4, 0.5) is 4.39 Å². The summed E-state index contributed by atoms with van der Waals surface area (Å²) in [5.74, 6) is -0.399. The predicted molar refractivity (Wildman–Crippen MR) is 91.6 cm³/mol. The molecule has 0 N–H and O–H groups in total. The minimum Gasteiger partial charge on any atom is -0.206 e. The number of hydrogen-bond acceptors (Lipinski definition) is 0. The highest BCUT2D eigenvalue weighted by atomic mass is 19.1. The van der Waals surface area contributed by atoms with E-state index in [9.17, 15) is 4.39 Å². The van der Waals surface area contributed by atoms with Gasteiger partial charge in [-0.25, -0.2) is 4.39 Å². The van der Waals surface area contributed by atoms with Crippen molar-refractivity contribution in [1.82, 2.24) is 0 Å². The molecule has 0 aromatic carbocycles. The summed E-state index contributed by atoms with van der Waals surface area (Å²) in [6, 6.07) is 0. The molecule has 1 heteroatoms. The standard InChI is InChI=1S/C20H23F/c1-14(2)7-10-16(4)18(6)20(21)13-17(5)19-11-8-15(3)9-12-19/h7-8,10-11,13H,1,4-6,9,12H2,2-3H3/b10-7-,20-13+. The molecule has 21 heavy (non-hydrogen) atoms. The van der Waals surface area contributed by atoms with E-state index in [-0.39, 0.29) is 5.57 Å². The Hall–Kier alpha value is -2.15. The van der Waals surface area contributed by atoms with E-state index >= 15 is 0 Å². The maximum Gasteiger partial charge on any atom is 0.130 e. The van der Waals surface area contributed by atoms with Crippen molar-refractivity contribution in [3.8, 4) is 0 Å². The third kappa shape index (κ3) is 5.39. The van der Waals surface area contributed by atoms with Crippen LogP contribution < -0.4 is 0 Å². The van der Waals surface area contributed by atoms with Gasteiger partial charge in [0.1, 0.15) is 5.83 Å². The second-order valence-electron chi connectivity index (χ2n) is 5.41. The lowest BCUT2D eigenvalue weighted by atomic mass is 9.93. The largest absolute Gasteiger partial charge is 0.206 e. The van der Waals surface area contributed by atoms with E-state index < -0.39 is 5.83 Å². The van der Waals surface area contributed by atoms with Crippen LogP contribution >= 0.6 is 0 Å². The third-order valence-corrected chi connectivity index (χ3v) is 3.32. The molecule has 0 saturated carbocycles. The smallest absolute Gasteiger partial charge is 0.130 e. The molecule has 1 aliphatic carbocycles. The van der Waals surface area contributed by atoms with Crippen LogP contribution in [0, 0.1) is 0 Å². The minimum atomic E-state index is -0.399. The van der Waals surface area contributed by atoms with Crippen molar-refractivity contribution in [2.75, 3.05) is 0 Å². The molecule has 0 spiro atoms. The second kappa shape index (κ2) is 7.58. The molecule has 1 aliphatic rings. The molecule has 0 aliphatic heterocycles. The van der Waals surface area contributed by atoms with Crippen molar-refractivity contribution in [2.45, 2.75) is 26.7 Å². The number of hydrogen-bond donors (Lipinski definition) is 0. The highest BCUT2D eigenvalue weighted by Gasteiger charge is 2.09. The summed E-state index contributed by atoms with van der Waals surface area (Å²) in [6.45, 7) is 19.2. The van der Waals surface area contributed by atoms with Gasteiger partial charge in [0.05, 0.1) is 0 Å². The molecule has 0 amide bonds. The normalized spacial score (nSPS) is 15.5. The summed E-state index contributed by atoms with van der Waals surface area (Å²) in [7, 11) is 0. The van der Waals surface area contributed by atoms with Gasteiger partial charge in [-0.1, -0.05) is 61.8 Å². The van der Waals surface area contributed by atoms with Crippen LogP contribution in [-0.2, 0) is 0 Å². The summed E-state index contributed by atoms with van der Waals surface area (Å²) in [4.78, 5) is 0. The monoisotopic (exact) mass is 282 g/mol. The molecule has 0 bridgehead atoms. The van der Waals surface area contributed by atoms with Crippen molar-refractivity contribution in [2.24, 2.45) is 0 Å². The molecule has 0 radical (unpaired) electrons. The summed E-state index contributed by atoms with van der Waals surface area (Å²) >= 11 is 0. The lowest BCUT2D eigenvalue weighted by molar-refractivity contribution is 0.655. The molecule has 110 valence electrons. The molecule has 0 atom stereocenters. The van der Waals surface area contributed by atoms with Crippen molar-refractivity contribution >= 4 is 0 Å². The SMILES string of the molecule is C=C(C)/C=C\C(=C)C(=C)/C(F)=C\C(=C)C1=CC=C(C)CC1. The van der Waals surface area contributed by atoms with E-state index in [1.165, 1.54) is 11.6 Å². The molecule has 0 heterocycles. The molecule has 0 unspecified atom stereocenters. The van der Waals surface area contributed by atoms with Gasteiger partial charge in [-0.05, 0) is 49.5 Å². The molecule has 0 aromatic rings. The molecule has 1 rings (SSSR count). The Morgan fingerprint density at radius 1 is 1.10 bits per heavy atom. The maximum atomic E-state index is 14.2. The van der Waals surface area contributed by atoms with Gasteiger partial charge in [0.15, 0.2) is 0 Å². The van der Waals surface area contributed by atoms with Crippen LogP contribution in [-0.4, -0.2) is 0 Å². The predicted octanol–water partition coefficient (Wildman–Crippen LogP) is 6.31. The van der Waals surface area contributed by atoms with E-state index in [1.54, 1.807) is 12.2 Å². The Kier molecular flexibility index (Phi) is 6.10. The van der Waals surface area contributed by atoms with Crippen molar-refractivity contribution in [3.05, 3.63) is 96.0 Å². The van der Waals surface area contributed by atoms with Crippen molar-refractivity contribution < 1.29 is 4.39 Å². The van der Waals surface area contributed by atoms with Crippen LogP contribution in [0.1, 0.15) is 26.7 Å². The number of allylic oxidation sites excluding steroid dienone is 12. The van der Waals surface area contributed by atoms with Crippen LogP contribution in [0.15, 0.2) is 96.0 Å². The third-order valence-electron chi connectivity index (χ3n) is 3.32. The Bertz CT molecular complexity index is 604. The minimum absolute atomic E-state index is 0.275. The van der Waals surface area contributed by atoms with E-state index in [1.807, 2.05) is 13.0 Å². The van der Waals surface area contributed by atoms with Gasteiger partial charge in [-0.15, -0.1) is 0 Å². The van der Waals surface area contributed by atoms with Gasteiger partial charge in [-0.3, -0.25) is 0 Å². The van der Waals surface area contributed by atoms with E-state index in [2.05, 4.69) is 39.3 Å². The van der Waals surface area contributed by atoms with Crippen LogP contribution in [0.3, 0.4) is 0 Å². The van der Waals surface area contributed by atoms with E-state index in [0.29, 0.717) is 11.1 Å². The number of rotatable bonds is 6. The second-order valence-corrected chi connectivity index (χ2v) is 5.41. The first kappa shape index (κ1) is 16.9. The lowest BCUT2D eigenvalue weighted by Crippen LogP contribution is -1.94. The maximum absolute atomic E-state index is 14.2. The molecular weight excluding hydrogens is 259 g/mol. The first-order valence-corrected chi connectivity index (χ1v) is 6.96. The molecule has 0 nitrogen and oxygen atoms in total. The quantitative estimate of drug-likeness (QED) is 0.501. The Balaban J connectivity index is 2.80. The van der Waals surface area contributed by atoms with E-state index in [4.69, 9.17) is 0 Å². The summed E-state index contributed by atoms with van der Waals surface area (Å²) in [6.07, 6.45) is 10.9. The van der Waals surface area contributed by atoms with Gasteiger partial charge in [0.2, 0.25) is 0 Å². The lowest BCUT2D eigenvalue weighted by Gasteiger charge is -2.12. The Morgan fingerprint density at radius 3 is 2.29 bits per heavy atom. The first-order valence-electron chi connectivity index (χ1n) is 6.96. The fourth-order valence-electron chi connectivity index (χ4n) is 1.84. The Labute approximate surface area is 127 Å². The van der Waals surface area contributed by atoms with Crippen molar-refractivity contribution in [3.63, 3.8) is 0 Å². The molecule has 0 aromatic heterocycles. The first-order chi connectivity index (χ1) is 9.81. The van der Waals surface area contributed by atoms with Crippen LogP contribution in [0.25, 0.3) is 0 Å². The summed E-state index contributed by atoms with van der Waals surface area (Å²) < 4.78 is 14.2. The van der Waals surface area contributed by atoms with Gasteiger partial charge >= 0.3 is 0 Å². The van der Waals surface area contributed by atoms with Gasteiger partial charge in [0, 0.05) is 5.57 Å². The van der Waals surface area contributed by atoms with Gasteiger partial charge in [0.25, 0.3) is 0 Å². The van der Waals surface area contributed by atoms with Crippen LogP contribution in [0.2, 0.25) is 0 Å². The van der Waals surface area contributed by atoms with Crippen LogP contribution in [0.5, 0.6) is 0 Å². The van der Waals surface area contributed by atoms with Gasteiger partial charge in [-0.2, -0.15) is 0 Å². The van der Waals surface area contributed by atoms with Gasteiger partial charge < -0.3 is 0 Å². The number of halogens is 1. The topological polar surface area (TPSA) is 0 Å². The van der Waals surface area contributed by atoms with Crippen molar-refractivity contribution in [1.29, 1.82) is 0 Å². The molecule has 0 fully saturated rings. The highest BCUT2D eigenvalue weighted by molar-refractivity contribution is 5.51. The fraction of sp³-hybridized carbons (Fsp3) is 0.200. The summed E-state index contributed by atoms with van der Waals surface area (Å²) in [5.41, 5.74) is 4.77. The Morgan fingerprint density at radius 2 is 1.76 bits per heavy atom. The molecule has 0 saturated heterocycles. The zero-order valence-electron chi connectivity index (χ0n) is 13.0. The molecular formula is C20H23F. The average molecular weight is 282 g/mol.